The third-order valence-electron chi connectivity index (χ3n) is 2.22. The molecule has 0 aliphatic rings. The van der Waals surface area contributed by atoms with Gasteiger partial charge in [0.15, 0.2) is 5.96 Å². The smallest absolute Gasteiger partial charge is 0.195 e. The van der Waals surface area contributed by atoms with Crippen LogP contribution in [-0.4, -0.2) is 56.0 Å². The Bertz CT molecular complexity index is 361. The second kappa shape index (κ2) is 6.08. The molecule has 0 spiro atoms. The molecule has 17 heavy (non-hydrogen) atoms. The number of rotatable bonds is 3. The standard InChI is InChI=1S/C12H20N4O/c1-15(2)12(16(3)4)14-8-10-6-7-11(17-5)9-13-10/h6-7,9H,8H2,1-5H3. The van der Waals surface area contributed by atoms with Crippen LogP contribution in [0, 0.1) is 0 Å². The number of nitrogens with zero attached hydrogens (tertiary/aromatic N) is 4. The summed E-state index contributed by atoms with van der Waals surface area (Å²) in [5, 5.41) is 0. The summed E-state index contributed by atoms with van der Waals surface area (Å²) in [6.45, 7) is 0.565. The van der Waals surface area contributed by atoms with Gasteiger partial charge in [0, 0.05) is 28.2 Å². The largest absolute Gasteiger partial charge is 0.495 e. The minimum Gasteiger partial charge on any atom is -0.495 e. The fraction of sp³-hybridized carbons (Fsp3) is 0.500. The molecule has 1 aromatic rings. The molecular weight excluding hydrogens is 216 g/mol. The molecule has 0 fully saturated rings. The summed E-state index contributed by atoms with van der Waals surface area (Å²) in [6, 6.07) is 3.81. The Morgan fingerprint density at radius 2 is 1.88 bits per heavy atom. The molecule has 0 saturated carbocycles. The first kappa shape index (κ1) is 13.3. The highest BCUT2D eigenvalue weighted by Gasteiger charge is 2.04. The number of hydrogen-bond acceptors (Lipinski definition) is 3. The first-order valence-corrected chi connectivity index (χ1v) is 5.42. The van der Waals surface area contributed by atoms with Gasteiger partial charge >= 0.3 is 0 Å². The van der Waals surface area contributed by atoms with Crippen LogP contribution >= 0.6 is 0 Å². The zero-order valence-electron chi connectivity index (χ0n) is 11.1. The fourth-order valence-corrected chi connectivity index (χ4v) is 1.46. The predicted octanol–water partition coefficient (Wildman–Crippen LogP) is 1.07. The van der Waals surface area contributed by atoms with Crippen LogP contribution in [-0.2, 0) is 6.54 Å². The number of hydrogen-bond donors (Lipinski definition) is 0. The van der Waals surface area contributed by atoms with E-state index in [1.54, 1.807) is 13.3 Å². The van der Waals surface area contributed by atoms with Gasteiger partial charge in [-0.15, -0.1) is 0 Å². The van der Waals surface area contributed by atoms with Gasteiger partial charge in [0.25, 0.3) is 0 Å². The van der Waals surface area contributed by atoms with E-state index in [4.69, 9.17) is 4.74 Å². The third-order valence-corrected chi connectivity index (χ3v) is 2.22. The van der Waals surface area contributed by atoms with Crippen molar-refractivity contribution in [3.05, 3.63) is 24.0 Å². The van der Waals surface area contributed by atoms with Crippen LogP contribution in [0.15, 0.2) is 23.3 Å². The highest BCUT2D eigenvalue weighted by atomic mass is 16.5. The van der Waals surface area contributed by atoms with Crippen LogP contribution in [0.2, 0.25) is 0 Å². The van der Waals surface area contributed by atoms with Crippen LogP contribution < -0.4 is 4.74 Å². The molecule has 1 aromatic heterocycles. The lowest BCUT2D eigenvalue weighted by molar-refractivity contribution is 0.412. The summed E-state index contributed by atoms with van der Waals surface area (Å²) >= 11 is 0. The van der Waals surface area contributed by atoms with E-state index >= 15 is 0 Å². The summed E-state index contributed by atoms with van der Waals surface area (Å²) in [5.74, 6) is 1.68. The topological polar surface area (TPSA) is 41.0 Å². The van der Waals surface area contributed by atoms with E-state index in [1.165, 1.54) is 0 Å². The van der Waals surface area contributed by atoms with Crippen molar-refractivity contribution in [3.63, 3.8) is 0 Å². The number of methoxy groups -OCH3 is 1. The molecule has 0 atom stereocenters. The highest BCUT2D eigenvalue weighted by Crippen LogP contribution is 2.08. The Morgan fingerprint density at radius 3 is 2.29 bits per heavy atom. The average molecular weight is 236 g/mol. The van der Waals surface area contributed by atoms with Gasteiger partial charge in [-0.25, -0.2) is 4.99 Å². The quantitative estimate of drug-likeness (QED) is 0.581. The zero-order chi connectivity index (χ0) is 12.8. The second-order valence-corrected chi connectivity index (χ2v) is 4.09. The maximum absolute atomic E-state index is 5.06. The minimum atomic E-state index is 0.565. The number of pyridine rings is 1. The van der Waals surface area contributed by atoms with E-state index in [-0.39, 0.29) is 0 Å². The monoisotopic (exact) mass is 236 g/mol. The van der Waals surface area contributed by atoms with Crippen molar-refractivity contribution in [2.24, 2.45) is 4.99 Å². The van der Waals surface area contributed by atoms with Crippen molar-refractivity contribution in [2.75, 3.05) is 35.3 Å². The molecule has 0 aromatic carbocycles. The molecule has 0 radical (unpaired) electrons. The summed E-state index contributed by atoms with van der Waals surface area (Å²) in [7, 11) is 9.52. The normalized spacial score (nSPS) is 9.71. The Balaban J connectivity index is 2.73. The Labute approximate surface area is 103 Å². The number of ether oxygens (including phenoxy) is 1. The Hall–Kier alpha value is -1.78. The van der Waals surface area contributed by atoms with E-state index in [0.29, 0.717) is 6.54 Å². The van der Waals surface area contributed by atoms with Crippen LogP contribution in [0.4, 0.5) is 0 Å². The number of aromatic nitrogens is 1. The Morgan fingerprint density at radius 1 is 1.24 bits per heavy atom. The predicted molar refractivity (Wildman–Crippen MR) is 69.3 cm³/mol. The van der Waals surface area contributed by atoms with Gasteiger partial charge in [0.1, 0.15) is 5.75 Å². The maximum Gasteiger partial charge on any atom is 0.195 e. The summed E-state index contributed by atoms with van der Waals surface area (Å²) < 4.78 is 5.06. The van der Waals surface area contributed by atoms with E-state index in [2.05, 4.69) is 9.98 Å². The number of aliphatic imine (C=N–C) groups is 1. The first-order chi connectivity index (χ1) is 8.04. The maximum atomic E-state index is 5.06. The van der Waals surface area contributed by atoms with Crippen LogP contribution in [0.1, 0.15) is 5.69 Å². The van der Waals surface area contributed by atoms with E-state index in [9.17, 15) is 0 Å². The molecular formula is C12H20N4O. The lowest BCUT2D eigenvalue weighted by Crippen LogP contribution is -2.35. The summed E-state index contributed by atoms with van der Waals surface area (Å²) in [4.78, 5) is 12.7. The molecule has 94 valence electrons. The SMILES string of the molecule is COc1ccc(CN=C(N(C)C)N(C)C)nc1. The van der Waals surface area contributed by atoms with Crippen LogP contribution in [0.3, 0.4) is 0 Å². The molecule has 0 aliphatic carbocycles. The third kappa shape index (κ3) is 3.94. The van der Waals surface area contributed by atoms with E-state index < -0.39 is 0 Å². The molecule has 0 unspecified atom stereocenters. The number of guanidine groups is 1. The highest BCUT2D eigenvalue weighted by molar-refractivity contribution is 5.79. The van der Waals surface area contributed by atoms with Crippen molar-refractivity contribution >= 4 is 5.96 Å². The van der Waals surface area contributed by atoms with Gasteiger partial charge in [-0.3, -0.25) is 4.98 Å². The molecule has 0 N–H and O–H groups in total. The van der Waals surface area contributed by atoms with Crippen LogP contribution in [0.5, 0.6) is 5.75 Å². The van der Waals surface area contributed by atoms with Gasteiger partial charge < -0.3 is 14.5 Å². The molecule has 0 amide bonds. The lowest BCUT2D eigenvalue weighted by atomic mass is 10.3. The molecule has 0 bridgehead atoms. The van der Waals surface area contributed by atoms with Crippen molar-refractivity contribution in [1.29, 1.82) is 0 Å². The fourth-order valence-electron chi connectivity index (χ4n) is 1.46. The van der Waals surface area contributed by atoms with Crippen LogP contribution in [0.25, 0.3) is 0 Å². The van der Waals surface area contributed by atoms with Crippen molar-refractivity contribution in [3.8, 4) is 5.75 Å². The second-order valence-electron chi connectivity index (χ2n) is 4.09. The summed E-state index contributed by atoms with van der Waals surface area (Å²) in [5.41, 5.74) is 0.923. The van der Waals surface area contributed by atoms with Gasteiger partial charge in [0.05, 0.1) is 25.5 Å². The molecule has 1 heterocycles. The molecule has 0 saturated heterocycles. The molecule has 0 aliphatic heterocycles. The molecule has 5 nitrogen and oxygen atoms in total. The van der Waals surface area contributed by atoms with Gasteiger partial charge in [-0.2, -0.15) is 0 Å². The molecule has 1 rings (SSSR count). The lowest BCUT2D eigenvalue weighted by Gasteiger charge is -2.22. The van der Waals surface area contributed by atoms with E-state index in [0.717, 1.165) is 17.4 Å². The van der Waals surface area contributed by atoms with Crippen molar-refractivity contribution in [1.82, 2.24) is 14.8 Å². The Kier molecular flexibility index (Phi) is 4.75. The van der Waals surface area contributed by atoms with Crippen molar-refractivity contribution < 1.29 is 4.74 Å². The summed E-state index contributed by atoms with van der Waals surface area (Å²) in [6.07, 6.45) is 1.70. The zero-order valence-corrected chi connectivity index (χ0v) is 11.1. The van der Waals surface area contributed by atoms with Gasteiger partial charge in [-0.1, -0.05) is 0 Å². The van der Waals surface area contributed by atoms with E-state index in [1.807, 2.05) is 50.1 Å². The van der Waals surface area contributed by atoms with Crippen molar-refractivity contribution in [2.45, 2.75) is 6.54 Å². The van der Waals surface area contributed by atoms with Gasteiger partial charge in [0.2, 0.25) is 0 Å². The van der Waals surface area contributed by atoms with Gasteiger partial charge in [-0.05, 0) is 12.1 Å². The first-order valence-electron chi connectivity index (χ1n) is 5.42. The molecule has 5 heteroatoms. The minimum absolute atomic E-state index is 0.565. The average Bonchev–Trinajstić information content (AvgIpc) is 2.29.